The molecule has 0 aliphatic heterocycles. The maximum Gasteiger partial charge on any atom is 0.420 e. The summed E-state index contributed by atoms with van der Waals surface area (Å²) >= 11 is 39.5. The fourth-order valence-electron chi connectivity index (χ4n) is 11.9. The van der Waals surface area contributed by atoms with Crippen molar-refractivity contribution in [2.75, 3.05) is 28.4 Å². The van der Waals surface area contributed by atoms with E-state index >= 15 is 4.39 Å². The zero-order chi connectivity index (χ0) is 95.0. The molecule has 1 unspecified atom stereocenters. The SMILES string of the molecule is C.C.C.C.C.C.C.C.COc1cc(C(O)c2c[n-]c3ncccc23)c(F)cc1OCc1nc2cc(Cl)ccc2n1C(=O)OC(C)(C)C.COc1cc(C=O)c(F)cc1O.COc1cc(C=O)c(F)cc1OCc1nc2cc(Cl)ccc2n1C(=O)OC(C)(C)C.COc1cc(C=O)c(F)cc1OCc1nc2ccc(Cl)cc2[nH]1.ClCc1nc2ccc(Cl)cc2[nH]1.Ic1c[n-]c2ncccc12.P=S.P=S.[Ti].[Ti]. The van der Waals surface area contributed by atoms with Crippen LogP contribution in [0.4, 0.5) is 27.2 Å². The van der Waals surface area contributed by atoms with Gasteiger partial charge >= 0.3 is 12.2 Å². The number of ether oxygens (including phenoxy) is 9. The van der Waals surface area contributed by atoms with Crippen molar-refractivity contribution in [3.05, 3.63) is 268 Å². The summed E-state index contributed by atoms with van der Waals surface area (Å²) in [6, 6.07) is 37.1. The summed E-state index contributed by atoms with van der Waals surface area (Å²) < 4.78 is 108. The van der Waals surface area contributed by atoms with E-state index in [9.17, 15) is 42.3 Å². The van der Waals surface area contributed by atoms with Gasteiger partial charge in [0.2, 0.25) is 0 Å². The number of aldehydes is 3. The van der Waals surface area contributed by atoms with E-state index in [1.165, 1.54) is 65.5 Å². The summed E-state index contributed by atoms with van der Waals surface area (Å²) in [5, 5.41) is 24.0. The summed E-state index contributed by atoms with van der Waals surface area (Å²) in [7, 11) is 10.6. The third-order valence-corrected chi connectivity index (χ3v) is 19.7. The molecule has 0 aliphatic rings. The predicted molar refractivity (Wildman–Crippen MR) is 559 cm³/mol. The number of aliphatic hydroxyl groups is 1. The van der Waals surface area contributed by atoms with E-state index in [0.717, 1.165) is 69.3 Å². The first-order valence-electron chi connectivity index (χ1n) is 37.7. The van der Waals surface area contributed by atoms with E-state index < -0.39 is 52.8 Å². The number of nitrogens with zero attached hydrogens (tertiary/aromatic N) is 10. The first kappa shape index (κ1) is 132. The minimum atomic E-state index is -1.32. The van der Waals surface area contributed by atoms with Crippen LogP contribution in [0.2, 0.25) is 20.1 Å². The molecule has 28 nitrogen and oxygen atoms in total. The van der Waals surface area contributed by atoms with Crippen LogP contribution in [0.3, 0.4) is 0 Å². The zero-order valence-electron chi connectivity index (χ0n) is 71.0. The standard InChI is InChI=1S/C28H25ClFN4O5.C21H20ClFN2O5.C16H12ClFN2O3.C8H6Cl2N2.C8H7FO3.C7H4IN2.8CH4.2HPS.2Ti/c1-28(2,3)39-27(36)34-21-8-7-15(29)10-20(21)33-24(34)14-38-23-12-19(30)17(11-22(23)37-4)25(35)18-13-32-26-16(18)6-5-9-31-26;1-21(2,3)30-20(27)25-16-6-5-13(22)8-15(16)24-19(25)11-29-18-9-14(23)12(10-26)7-17(18)28-4;1-22-14-4-9(7-21)11(18)6-15(14)23-8-16-19-12-3-2-10(17)5-13(12)20-16;9-4-8-11-6-2-1-5(10)3-7(6)12-8;1-12-8-2-5(4-10)6(9)3-7(8)11;8-6-4-10-7-5(6)2-1-3-9-7;;;;;;;;;2*1-2;;/h5-13,25,35H,14H2,1-4H3;5-10H,11H2,1-4H3;2-7H,8H2,1H3,(H,19,20);1-3H,4H2,(H,11,12);2-4,11H,1H3;1-4H;8*1H4;2*1H;;/q-1;;;;;-1;;;;;;;;;;;;. The van der Waals surface area contributed by atoms with Gasteiger partial charge < -0.3 is 82.7 Å². The zero-order valence-corrected chi connectivity index (χ0v) is 83.7. The number of nitrogens with one attached hydrogen (secondary N) is 2. The Bertz CT molecular complexity index is 6760. The van der Waals surface area contributed by atoms with Crippen molar-refractivity contribution in [2.45, 2.75) is 144 Å². The van der Waals surface area contributed by atoms with Crippen molar-refractivity contribution < 1.29 is 138 Å². The molecule has 0 saturated heterocycles. The number of aliphatic hydroxyl groups excluding tert-OH is 1. The van der Waals surface area contributed by atoms with Gasteiger partial charge in [-0.2, -0.15) is 0 Å². The molecule has 0 amide bonds. The Morgan fingerprint density at radius 3 is 1.25 bits per heavy atom. The smallest absolute Gasteiger partial charge is 0.420 e. The van der Waals surface area contributed by atoms with Crippen molar-refractivity contribution in [1.82, 2.24) is 59.0 Å². The van der Waals surface area contributed by atoms with Crippen molar-refractivity contribution in [1.29, 1.82) is 0 Å². The van der Waals surface area contributed by atoms with Crippen LogP contribution in [0, 0.1) is 26.8 Å². The molecule has 8 aromatic heterocycles. The molecule has 1 atom stereocenters. The average molecular weight is 2290 g/mol. The van der Waals surface area contributed by atoms with Crippen LogP contribution in [-0.4, -0.2) is 130 Å². The van der Waals surface area contributed by atoms with Crippen LogP contribution in [0.15, 0.2) is 170 Å². The Morgan fingerprint density at radius 2 is 0.836 bits per heavy atom. The summed E-state index contributed by atoms with van der Waals surface area (Å²) in [5.74, 6) is -0.0611. The number of phenolic OH excluding ortho intramolecular Hbond substituents is 1. The summed E-state index contributed by atoms with van der Waals surface area (Å²) in [6.07, 6.45) is 5.20. The fraction of sp³-hybridized carbons (Fsp3) is 0.260. The molecule has 0 saturated carbocycles. The number of carbonyl (C=O) groups is 5. The Hall–Kier alpha value is -10.3. The molecule has 44 heteroatoms. The van der Waals surface area contributed by atoms with Crippen molar-refractivity contribution in [3.63, 3.8) is 0 Å². The largest absolute Gasteiger partial charge is 0.504 e. The third-order valence-electron chi connectivity index (χ3n) is 17.6. The Morgan fingerprint density at radius 1 is 0.471 bits per heavy atom. The molecule has 0 spiro atoms. The van der Waals surface area contributed by atoms with Gasteiger partial charge in [0.1, 0.15) is 72.0 Å². The number of aromatic amines is 2. The molecular formula is C96H108Cl5F4IN12O16P2S2Ti2-2. The first-order chi connectivity index (χ1) is 62.1. The number of pyridine rings is 2. The molecule has 0 aliphatic carbocycles. The normalized spacial score (nSPS) is 10.3. The van der Waals surface area contributed by atoms with Crippen molar-refractivity contribution in [2.24, 2.45) is 0 Å². The van der Waals surface area contributed by atoms with Crippen LogP contribution in [0.5, 0.6) is 46.0 Å². The second-order valence-corrected chi connectivity index (χ2v) is 31.8. The number of aromatic hydroxyl groups is 1. The van der Waals surface area contributed by atoms with Gasteiger partial charge in [-0.05, 0) is 194 Å². The molecule has 140 heavy (non-hydrogen) atoms. The second-order valence-electron chi connectivity index (χ2n) is 28.6. The minimum absolute atomic E-state index is 0. The van der Waals surface area contributed by atoms with Crippen molar-refractivity contribution >= 4 is 217 Å². The number of methoxy groups -OCH3 is 4. The number of fused-ring (bicyclic) bond motifs is 6. The fourth-order valence-corrected chi connectivity index (χ4v) is 13.3. The number of phenols is 1. The third kappa shape index (κ3) is 34.8. The van der Waals surface area contributed by atoms with E-state index in [1.54, 1.807) is 121 Å². The van der Waals surface area contributed by atoms with E-state index in [-0.39, 0.29) is 203 Å². The number of benzene rings is 8. The van der Waals surface area contributed by atoms with E-state index in [0.29, 0.717) is 89.3 Å². The topological polar surface area (TPSA) is 356 Å². The number of aromatic nitrogens is 12. The summed E-state index contributed by atoms with van der Waals surface area (Å²) in [6.45, 7) is 10.2. The Balaban J connectivity index is 0. The maximum absolute atomic E-state index is 15.3. The number of carbonyl (C=O) groups excluding carboxylic acids is 5. The number of rotatable bonds is 19. The molecule has 8 aromatic carbocycles. The number of H-pyrrole nitrogens is 2. The molecule has 0 fully saturated rings. The molecule has 8 heterocycles. The molecule has 0 bridgehead atoms. The van der Waals surface area contributed by atoms with Crippen LogP contribution >= 0.6 is 96.6 Å². The van der Waals surface area contributed by atoms with Crippen LogP contribution < -0.4 is 43.1 Å². The van der Waals surface area contributed by atoms with E-state index in [1.807, 2.05) is 36.5 Å². The quantitative estimate of drug-likeness (QED) is 0.0146. The number of imidazole rings is 4. The van der Waals surface area contributed by atoms with Crippen LogP contribution in [-0.2, 0) is 102 Å². The van der Waals surface area contributed by atoms with Gasteiger partial charge in [-0.3, -0.25) is 14.4 Å². The maximum atomic E-state index is 15.3. The Kier molecular flexibility index (Phi) is 57.9. The number of halogens is 10. The van der Waals surface area contributed by atoms with Gasteiger partial charge in [-0.1, -0.05) is 190 Å². The molecule has 16 rings (SSSR count). The van der Waals surface area contributed by atoms with Gasteiger partial charge in [-0.15, -0.1) is 11.6 Å². The van der Waals surface area contributed by atoms with E-state index in [2.05, 4.69) is 117 Å². The predicted octanol–water partition coefficient (Wildman–Crippen LogP) is 26.9. The van der Waals surface area contributed by atoms with Crippen LogP contribution in [0.1, 0.15) is 173 Å². The summed E-state index contributed by atoms with van der Waals surface area (Å²) in [5.41, 5.74) is 5.10. The molecule has 4 N–H and O–H groups in total. The first-order valence-corrected chi connectivity index (χ1v) is 44.1. The average Bonchev–Trinajstić information content (AvgIpc) is 1.63. The van der Waals surface area contributed by atoms with Gasteiger partial charge in [0.25, 0.3) is 0 Å². The monoisotopic (exact) mass is 2280 g/mol. The summed E-state index contributed by atoms with van der Waals surface area (Å²) in [4.78, 5) is 97.9. The van der Waals surface area contributed by atoms with Gasteiger partial charge in [0, 0.05) is 96.9 Å². The van der Waals surface area contributed by atoms with Gasteiger partial charge in [0.15, 0.2) is 76.5 Å². The number of hydrogen-bond donors (Lipinski definition) is 4. The number of alkyl halides is 1. The van der Waals surface area contributed by atoms with Gasteiger partial charge in [0.05, 0.1) is 95.1 Å². The number of hydrogen-bond acceptors (Lipinski definition) is 24. The Labute approximate surface area is 893 Å². The molecular weight excluding hydrogens is 2180 g/mol. The second kappa shape index (κ2) is 61.5. The van der Waals surface area contributed by atoms with Crippen LogP contribution in [0.25, 0.3) is 66.2 Å². The minimum Gasteiger partial charge on any atom is -0.504 e. The molecule has 750 valence electrons. The van der Waals surface area contributed by atoms with Gasteiger partial charge in [-0.25, -0.2) is 56.2 Å². The van der Waals surface area contributed by atoms with Crippen molar-refractivity contribution in [3.8, 4) is 46.0 Å². The molecule has 16 aromatic rings. The van der Waals surface area contributed by atoms with E-state index in [4.69, 9.17) is 101 Å². The molecule has 0 radical (unpaired) electrons.